The van der Waals surface area contributed by atoms with Crippen LogP contribution >= 0.6 is 11.6 Å². The van der Waals surface area contributed by atoms with E-state index in [0.717, 1.165) is 6.20 Å². The molecule has 2 rings (SSSR count). The lowest BCUT2D eigenvalue weighted by Gasteiger charge is -2.10. The monoisotopic (exact) mass is 378 g/mol. The van der Waals surface area contributed by atoms with Crippen LogP contribution in [0.5, 0.6) is 11.5 Å². The van der Waals surface area contributed by atoms with E-state index in [-0.39, 0.29) is 10.8 Å². The van der Waals surface area contributed by atoms with Gasteiger partial charge < -0.3 is 14.8 Å². The van der Waals surface area contributed by atoms with Crippen molar-refractivity contribution in [3.05, 3.63) is 29.4 Å². The summed E-state index contributed by atoms with van der Waals surface area (Å²) >= 11 is 5.78. The third-order valence-corrected chi connectivity index (χ3v) is 3.18. The minimum absolute atomic E-state index is 0.123. The number of alkyl halides is 3. The third kappa shape index (κ3) is 5.45. The van der Waals surface area contributed by atoms with Gasteiger partial charge in [0.2, 0.25) is 0 Å². The first-order valence-corrected chi connectivity index (χ1v) is 7.19. The lowest BCUT2D eigenvalue weighted by molar-refractivity contribution is -0.142. The molecule has 0 saturated carbocycles. The zero-order valence-corrected chi connectivity index (χ0v) is 13.9. The summed E-state index contributed by atoms with van der Waals surface area (Å²) in [6.45, 7) is -1.32. The number of hydrogen-bond donors (Lipinski definition) is 2. The molecular formula is C14H14ClF3N4O3. The van der Waals surface area contributed by atoms with Gasteiger partial charge in [0.05, 0.1) is 14.2 Å². The Kier molecular flexibility index (Phi) is 5.62. The van der Waals surface area contributed by atoms with Gasteiger partial charge in [-0.05, 0) is 0 Å². The normalized spacial score (nSPS) is 11.1. The van der Waals surface area contributed by atoms with Crippen LogP contribution in [0, 0.1) is 0 Å². The maximum Gasteiger partial charge on any atom is 0.408 e. The highest BCUT2D eigenvalue weighted by molar-refractivity contribution is 6.33. The minimum atomic E-state index is -4.45. The van der Waals surface area contributed by atoms with Crippen molar-refractivity contribution in [1.29, 1.82) is 0 Å². The average molecular weight is 379 g/mol. The highest BCUT2D eigenvalue weighted by Gasteiger charge is 2.29. The van der Waals surface area contributed by atoms with Crippen LogP contribution in [0.1, 0.15) is 0 Å². The van der Waals surface area contributed by atoms with Gasteiger partial charge >= 0.3 is 12.2 Å². The van der Waals surface area contributed by atoms with Crippen molar-refractivity contribution in [3.8, 4) is 11.5 Å². The fourth-order valence-electron chi connectivity index (χ4n) is 1.90. The van der Waals surface area contributed by atoms with E-state index in [1.165, 1.54) is 26.4 Å². The van der Waals surface area contributed by atoms with E-state index < -0.39 is 18.8 Å². The van der Waals surface area contributed by atoms with E-state index >= 15 is 0 Å². The summed E-state index contributed by atoms with van der Waals surface area (Å²) in [5.41, 5.74) is 0.347. The molecule has 25 heavy (non-hydrogen) atoms. The Morgan fingerprint density at radius 1 is 1.20 bits per heavy atom. The number of aromatic nitrogens is 2. The molecule has 0 aliphatic heterocycles. The highest BCUT2D eigenvalue weighted by atomic mass is 35.5. The van der Waals surface area contributed by atoms with Gasteiger partial charge in [0, 0.05) is 30.1 Å². The van der Waals surface area contributed by atoms with E-state index in [1.54, 1.807) is 6.07 Å². The first kappa shape index (κ1) is 18.7. The average Bonchev–Trinajstić information content (AvgIpc) is 2.83. The molecule has 0 radical (unpaired) electrons. The van der Waals surface area contributed by atoms with E-state index in [9.17, 15) is 18.0 Å². The number of nitrogens with one attached hydrogen (secondary N) is 2. The fraction of sp³-hybridized carbons (Fsp3) is 0.286. The molecule has 2 N–H and O–H groups in total. The van der Waals surface area contributed by atoms with Crippen LogP contribution in [0.3, 0.4) is 0 Å². The highest BCUT2D eigenvalue weighted by Crippen LogP contribution is 2.27. The molecule has 0 atom stereocenters. The van der Waals surface area contributed by atoms with Crippen molar-refractivity contribution in [1.82, 2.24) is 9.78 Å². The molecule has 1 aromatic carbocycles. The molecule has 11 heteroatoms. The van der Waals surface area contributed by atoms with Crippen LogP contribution < -0.4 is 20.1 Å². The predicted octanol–water partition coefficient (Wildman–Crippen LogP) is 3.76. The van der Waals surface area contributed by atoms with Crippen molar-refractivity contribution in [3.63, 3.8) is 0 Å². The lowest BCUT2D eigenvalue weighted by atomic mass is 10.3. The Morgan fingerprint density at radius 3 is 2.32 bits per heavy atom. The Bertz CT molecular complexity index is 742. The van der Waals surface area contributed by atoms with Crippen molar-refractivity contribution in [2.75, 3.05) is 24.9 Å². The van der Waals surface area contributed by atoms with E-state index in [2.05, 4.69) is 15.7 Å². The van der Waals surface area contributed by atoms with Crippen molar-refractivity contribution in [2.24, 2.45) is 0 Å². The van der Waals surface area contributed by atoms with Crippen LogP contribution in [0.4, 0.5) is 29.5 Å². The summed E-state index contributed by atoms with van der Waals surface area (Å²) in [4.78, 5) is 12.0. The molecule has 7 nitrogen and oxygen atoms in total. The van der Waals surface area contributed by atoms with Gasteiger partial charge in [-0.3, -0.25) is 10.00 Å². The van der Waals surface area contributed by atoms with Crippen molar-refractivity contribution in [2.45, 2.75) is 12.7 Å². The summed E-state index contributed by atoms with van der Waals surface area (Å²) in [5.74, 6) is 0.697. The summed E-state index contributed by atoms with van der Waals surface area (Å²) in [7, 11) is 2.90. The number of carbonyl (C=O) groups is 1. The largest absolute Gasteiger partial charge is 0.497 e. The fourth-order valence-corrected chi connectivity index (χ4v) is 2.09. The van der Waals surface area contributed by atoms with Crippen molar-refractivity contribution >= 4 is 29.1 Å². The molecule has 0 aliphatic rings. The molecule has 0 bridgehead atoms. The SMILES string of the molecule is COc1cc(NC(=O)Nc2nn(CC(F)(F)F)cc2Cl)cc(OC)c1. The van der Waals surface area contributed by atoms with Gasteiger partial charge in [-0.15, -0.1) is 0 Å². The number of nitrogens with zero attached hydrogens (tertiary/aromatic N) is 2. The molecule has 136 valence electrons. The van der Waals surface area contributed by atoms with Gasteiger partial charge in [-0.2, -0.15) is 18.3 Å². The summed E-state index contributed by atoms with van der Waals surface area (Å²) < 4.78 is 47.8. The molecule has 1 aromatic heterocycles. The maximum atomic E-state index is 12.3. The molecule has 0 spiro atoms. The second-order valence-electron chi connectivity index (χ2n) is 4.82. The Morgan fingerprint density at radius 2 is 1.80 bits per heavy atom. The van der Waals surface area contributed by atoms with Gasteiger partial charge in [0.15, 0.2) is 5.82 Å². The van der Waals surface area contributed by atoms with Gasteiger partial charge in [-0.25, -0.2) is 4.79 Å². The van der Waals surface area contributed by atoms with Gasteiger partial charge in [0.1, 0.15) is 23.1 Å². The van der Waals surface area contributed by atoms with E-state index in [1.807, 2.05) is 0 Å². The molecule has 0 saturated heterocycles. The minimum Gasteiger partial charge on any atom is -0.497 e. The molecule has 2 aromatic rings. The molecule has 2 amide bonds. The zero-order valence-electron chi connectivity index (χ0n) is 13.1. The number of benzene rings is 1. The first-order chi connectivity index (χ1) is 11.7. The van der Waals surface area contributed by atoms with E-state index in [4.69, 9.17) is 21.1 Å². The van der Waals surface area contributed by atoms with Crippen LogP contribution in [0.2, 0.25) is 5.02 Å². The Labute approximate surface area is 145 Å². The summed E-state index contributed by atoms with van der Waals surface area (Å²) in [6, 6.07) is 3.94. The number of carbonyl (C=O) groups excluding carboxylic acids is 1. The smallest absolute Gasteiger partial charge is 0.408 e. The molecular weight excluding hydrogens is 365 g/mol. The number of methoxy groups -OCH3 is 2. The standard InChI is InChI=1S/C14H14ClF3N4O3/c1-24-9-3-8(4-10(5-9)25-2)19-13(23)20-12-11(15)6-22(21-12)7-14(16,17)18/h3-6H,7H2,1-2H3,(H2,19,20,21,23). The number of halogens is 4. The van der Waals surface area contributed by atoms with Crippen LogP contribution in [0.25, 0.3) is 0 Å². The van der Waals surface area contributed by atoms with Crippen LogP contribution in [0.15, 0.2) is 24.4 Å². The topological polar surface area (TPSA) is 77.4 Å². The number of rotatable bonds is 5. The summed E-state index contributed by atoms with van der Waals surface area (Å²) in [5, 5.41) is 8.23. The lowest BCUT2D eigenvalue weighted by Crippen LogP contribution is -2.21. The van der Waals surface area contributed by atoms with Gasteiger partial charge in [-0.1, -0.05) is 11.6 Å². The maximum absolute atomic E-state index is 12.3. The number of ether oxygens (including phenoxy) is 2. The number of hydrogen-bond acceptors (Lipinski definition) is 4. The summed E-state index contributed by atoms with van der Waals surface area (Å²) in [6.07, 6.45) is -3.48. The van der Waals surface area contributed by atoms with Gasteiger partial charge in [0.25, 0.3) is 0 Å². The Hall–Kier alpha value is -2.62. The quantitative estimate of drug-likeness (QED) is 0.830. The molecule has 0 aliphatic carbocycles. The van der Waals surface area contributed by atoms with Crippen LogP contribution in [-0.2, 0) is 6.54 Å². The Balaban J connectivity index is 2.08. The van der Waals surface area contributed by atoms with E-state index in [0.29, 0.717) is 21.9 Å². The first-order valence-electron chi connectivity index (χ1n) is 6.81. The number of amides is 2. The zero-order chi connectivity index (χ0) is 18.6. The predicted molar refractivity (Wildman–Crippen MR) is 85.5 cm³/mol. The number of anilines is 2. The second kappa shape index (κ2) is 7.51. The third-order valence-electron chi connectivity index (χ3n) is 2.90. The second-order valence-corrected chi connectivity index (χ2v) is 5.23. The van der Waals surface area contributed by atoms with Crippen LogP contribution in [-0.4, -0.2) is 36.2 Å². The number of urea groups is 1. The molecule has 0 unspecified atom stereocenters. The molecule has 1 heterocycles. The molecule has 0 fully saturated rings. The van der Waals surface area contributed by atoms with Crippen molar-refractivity contribution < 1.29 is 27.4 Å².